The molecule has 0 atom stereocenters. The molecule has 0 saturated carbocycles. The van der Waals surface area contributed by atoms with Crippen molar-refractivity contribution in [2.75, 3.05) is 12.4 Å². The van der Waals surface area contributed by atoms with Gasteiger partial charge < -0.3 is 10.1 Å². The number of carbonyl (C=O) groups is 2. The number of aryl methyl sites for hydroxylation is 2. The summed E-state index contributed by atoms with van der Waals surface area (Å²) in [5.74, 6) is -1.13. The molecule has 7 heteroatoms. The van der Waals surface area contributed by atoms with E-state index in [4.69, 9.17) is 16.3 Å². The molecular formula is C18H18ClN3O3. The maximum Gasteiger partial charge on any atom is 0.329 e. The Bertz CT molecular complexity index is 834. The first-order chi connectivity index (χ1) is 11.9. The molecule has 2 N–H and O–H groups in total. The van der Waals surface area contributed by atoms with Gasteiger partial charge in [-0.3, -0.25) is 9.59 Å². The lowest BCUT2D eigenvalue weighted by molar-refractivity contribution is -0.136. The van der Waals surface area contributed by atoms with Crippen LogP contribution in [-0.2, 0) is 9.59 Å². The van der Waals surface area contributed by atoms with Crippen molar-refractivity contribution in [2.24, 2.45) is 5.10 Å². The molecule has 0 unspecified atom stereocenters. The number of carbonyl (C=O) groups excluding carboxylic acids is 2. The van der Waals surface area contributed by atoms with Crippen LogP contribution >= 0.6 is 11.6 Å². The minimum Gasteiger partial charge on any atom is -0.495 e. The third-order valence-corrected chi connectivity index (χ3v) is 3.82. The van der Waals surface area contributed by atoms with E-state index in [0.717, 1.165) is 11.1 Å². The SMILES string of the molecule is COc1ccc(/C=N\NC(=O)C(=O)Nc2ccc(C)c(C)c2)cc1Cl. The number of hydrazone groups is 1. The molecule has 25 heavy (non-hydrogen) atoms. The lowest BCUT2D eigenvalue weighted by Gasteiger charge is -2.06. The van der Waals surface area contributed by atoms with Crippen molar-refractivity contribution in [1.82, 2.24) is 5.43 Å². The van der Waals surface area contributed by atoms with E-state index < -0.39 is 11.8 Å². The van der Waals surface area contributed by atoms with Gasteiger partial charge in [-0.25, -0.2) is 5.43 Å². The fourth-order valence-electron chi connectivity index (χ4n) is 1.99. The second-order valence-corrected chi connectivity index (χ2v) is 5.75. The number of amides is 2. The third kappa shape index (κ3) is 5.06. The van der Waals surface area contributed by atoms with E-state index in [1.54, 1.807) is 30.3 Å². The first kappa shape index (κ1) is 18.5. The van der Waals surface area contributed by atoms with Crippen LogP contribution in [0.2, 0.25) is 5.02 Å². The Balaban J connectivity index is 1.93. The van der Waals surface area contributed by atoms with Crippen molar-refractivity contribution in [3.63, 3.8) is 0 Å². The van der Waals surface area contributed by atoms with Crippen molar-refractivity contribution >= 4 is 35.3 Å². The number of nitrogens with one attached hydrogen (secondary N) is 2. The Morgan fingerprint density at radius 3 is 2.48 bits per heavy atom. The number of hydrogen-bond donors (Lipinski definition) is 2. The zero-order chi connectivity index (χ0) is 18.4. The highest BCUT2D eigenvalue weighted by atomic mass is 35.5. The summed E-state index contributed by atoms with van der Waals surface area (Å²) in [6.45, 7) is 3.89. The second-order valence-electron chi connectivity index (χ2n) is 5.35. The fourth-order valence-corrected chi connectivity index (χ4v) is 2.25. The first-order valence-electron chi connectivity index (χ1n) is 7.46. The van der Waals surface area contributed by atoms with Gasteiger partial charge in [0.1, 0.15) is 5.75 Å². The van der Waals surface area contributed by atoms with Crippen LogP contribution in [0.15, 0.2) is 41.5 Å². The van der Waals surface area contributed by atoms with E-state index in [1.165, 1.54) is 13.3 Å². The summed E-state index contributed by atoms with van der Waals surface area (Å²) >= 11 is 6.00. The monoisotopic (exact) mass is 359 g/mol. The smallest absolute Gasteiger partial charge is 0.329 e. The standard InChI is InChI=1S/C18H18ClN3O3/c1-11-4-6-14(8-12(11)2)21-17(23)18(24)22-20-10-13-5-7-16(25-3)15(19)9-13/h4-10H,1-3H3,(H,21,23)(H,22,24)/b20-10-. The molecule has 130 valence electrons. The van der Waals surface area contributed by atoms with Gasteiger partial charge in [0.15, 0.2) is 0 Å². The summed E-state index contributed by atoms with van der Waals surface area (Å²) in [4.78, 5) is 23.6. The predicted molar refractivity (Wildman–Crippen MR) is 98.3 cm³/mol. The maximum atomic E-state index is 11.9. The van der Waals surface area contributed by atoms with Gasteiger partial charge in [0.05, 0.1) is 18.3 Å². The Kier molecular flexibility index (Phi) is 6.14. The minimum absolute atomic E-state index is 0.422. The van der Waals surface area contributed by atoms with Crippen LogP contribution in [0, 0.1) is 13.8 Å². The highest BCUT2D eigenvalue weighted by Gasteiger charge is 2.13. The summed E-state index contributed by atoms with van der Waals surface area (Å²) in [6, 6.07) is 10.4. The van der Waals surface area contributed by atoms with Crippen molar-refractivity contribution in [1.29, 1.82) is 0 Å². The van der Waals surface area contributed by atoms with Crippen LogP contribution in [-0.4, -0.2) is 25.1 Å². The third-order valence-electron chi connectivity index (χ3n) is 3.53. The van der Waals surface area contributed by atoms with Crippen molar-refractivity contribution in [3.05, 3.63) is 58.1 Å². The number of hydrogen-bond acceptors (Lipinski definition) is 4. The molecular weight excluding hydrogens is 342 g/mol. The molecule has 2 amide bonds. The van der Waals surface area contributed by atoms with E-state index in [1.807, 2.05) is 19.9 Å². The predicted octanol–water partition coefficient (Wildman–Crippen LogP) is 3.05. The zero-order valence-electron chi connectivity index (χ0n) is 14.1. The number of halogens is 1. The molecule has 2 aromatic carbocycles. The molecule has 2 aromatic rings. The fraction of sp³-hybridized carbons (Fsp3) is 0.167. The van der Waals surface area contributed by atoms with Crippen LogP contribution in [0.5, 0.6) is 5.75 Å². The molecule has 0 aliphatic rings. The molecule has 6 nitrogen and oxygen atoms in total. The summed E-state index contributed by atoms with van der Waals surface area (Å²) in [6.07, 6.45) is 1.38. The molecule has 0 aromatic heterocycles. The summed E-state index contributed by atoms with van der Waals surface area (Å²) < 4.78 is 5.05. The van der Waals surface area contributed by atoms with E-state index in [9.17, 15) is 9.59 Å². The van der Waals surface area contributed by atoms with Crippen molar-refractivity contribution < 1.29 is 14.3 Å². The van der Waals surface area contributed by atoms with Crippen LogP contribution in [0.4, 0.5) is 5.69 Å². The van der Waals surface area contributed by atoms with Gasteiger partial charge in [-0.05, 0) is 60.9 Å². The lowest BCUT2D eigenvalue weighted by atomic mass is 10.1. The average Bonchev–Trinajstić information content (AvgIpc) is 2.58. The Hall–Kier alpha value is -2.86. The van der Waals surface area contributed by atoms with Crippen LogP contribution in [0.1, 0.15) is 16.7 Å². The molecule has 0 aliphatic carbocycles. The van der Waals surface area contributed by atoms with Gasteiger partial charge in [0, 0.05) is 5.69 Å². The van der Waals surface area contributed by atoms with Gasteiger partial charge in [-0.2, -0.15) is 5.10 Å². The lowest BCUT2D eigenvalue weighted by Crippen LogP contribution is -2.32. The van der Waals surface area contributed by atoms with E-state index >= 15 is 0 Å². The number of methoxy groups -OCH3 is 1. The summed E-state index contributed by atoms with van der Waals surface area (Å²) in [5, 5.41) is 6.69. The Morgan fingerprint density at radius 2 is 1.84 bits per heavy atom. The van der Waals surface area contributed by atoms with Crippen LogP contribution in [0.25, 0.3) is 0 Å². The van der Waals surface area contributed by atoms with Gasteiger partial charge in [-0.15, -0.1) is 0 Å². The topological polar surface area (TPSA) is 79.8 Å². The van der Waals surface area contributed by atoms with Gasteiger partial charge in [-0.1, -0.05) is 17.7 Å². The number of ether oxygens (including phenoxy) is 1. The molecule has 0 saturated heterocycles. The summed E-state index contributed by atoms with van der Waals surface area (Å²) in [5.41, 5.74) is 5.50. The van der Waals surface area contributed by atoms with Gasteiger partial charge in [0.2, 0.25) is 0 Å². The largest absolute Gasteiger partial charge is 0.495 e. The molecule has 0 heterocycles. The summed E-state index contributed by atoms with van der Waals surface area (Å²) in [7, 11) is 1.52. The van der Waals surface area contributed by atoms with E-state index in [2.05, 4.69) is 15.8 Å². The molecule has 2 rings (SSSR count). The number of anilines is 1. The first-order valence-corrected chi connectivity index (χ1v) is 7.83. The molecule has 0 spiro atoms. The minimum atomic E-state index is -0.867. The molecule has 0 fully saturated rings. The highest BCUT2D eigenvalue weighted by molar-refractivity contribution is 6.39. The molecule has 0 radical (unpaired) electrons. The number of nitrogens with zero attached hydrogens (tertiary/aromatic N) is 1. The van der Waals surface area contributed by atoms with E-state index in [0.29, 0.717) is 22.0 Å². The highest BCUT2D eigenvalue weighted by Crippen LogP contribution is 2.24. The van der Waals surface area contributed by atoms with Crippen molar-refractivity contribution in [3.8, 4) is 5.75 Å². The number of rotatable bonds is 4. The maximum absolute atomic E-state index is 11.9. The normalized spacial score (nSPS) is 10.6. The van der Waals surface area contributed by atoms with Crippen LogP contribution in [0.3, 0.4) is 0 Å². The van der Waals surface area contributed by atoms with Gasteiger partial charge >= 0.3 is 11.8 Å². The zero-order valence-corrected chi connectivity index (χ0v) is 14.8. The molecule has 0 bridgehead atoms. The second kappa shape index (κ2) is 8.30. The quantitative estimate of drug-likeness (QED) is 0.500. The average molecular weight is 360 g/mol. The van der Waals surface area contributed by atoms with Gasteiger partial charge in [0.25, 0.3) is 0 Å². The Morgan fingerprint density at radius 1 is 1.08 bits per heavy atom. The van der Waals surface area contributed by atoms with E-state index in [-0.39, 0.29) is 0 Å². The Labute approximate surface area is 150 Å². The van der Waals surface area contributed by atoms with Crippen molar-refractivity contribution in [2.45, 2.75) is 13.8 Å². The molecule has 0 aliphatic heterocycles. The van der Waals surface area contributed by atoms with Crippen LogP contribution < -0.4 is 15.5 Å². The number of benzene rings is 2.